The maximum absolute atomic E-state index is 12.7. The Morgan fingerprint density at radius 2 is 1.67 bits per heavy atom. The van der Waals surface area contributed by atoms with Gasteiger partial charge in [0, 0.05) is 22.9 Å². The van der Waals surface area contributed by atoms with E-state index in [2.05, 4.69) is 46.8 Å². The molecular formula is C29H29BrO3. The summed E-state index contributed by atoms with van der Waals surface area (Å²) in [5.74, 6) is 7.47. The monoisotopic (exact) mass is 504 g/mol. The van der Waals surface area contributed by atoms with Gasteiger partial charge in [-0.2, -0.15) is 0 Å². The van der Waals surface area contributed by atoms with Crippen molar-refractivity contribution in [1.82, 2.24) is 0 Å². The highest BCUT2D eigenvalue weighted by atomic mass is 79.9. The van der Waals surface area contributed by atoms with E-state index in [-0.39, 0.29) is 24.4 Å². The Bertz CT molecular complexity index is 1060. The third-order valence-electron chi connectivity index (χ3n) is 5.74. The number of methoxy groups -OCH3 is 1. The Kier molecular flexibility index (Phi) is 9.59. The largest absolute Gasteiger partial charge is 0.497 e. The summed E-state index contributed by atoms with van der Waals surface area (Å²) in [6.07, 6.45) is 1.92. The van der Waals surface area contributed by atoms with Gasteiger partial charge < -0.3 is 9.47 Å². The van der Waals surface area contributed by atoms with E-state index in [9.17, 15) is 4.79 Å². The van der Waals surface area contributed by atoms with Crippen molar-refractivity contribution in [3.63, 3.8) is 0 Å². The van der Waals surface area contributed by atoms with Crippen LogP contribution in [0.3, 0.4) is 0 Å². The lowest BCUT2D eigenvalue weighted by Gasteiger charge is -2.23. The molecule has 4 heteroatoms. The summed E-state index contributed by atoms with van der Waals surface area (Å²) in [5.41, 5.74) is 3.16. The van der Waals surface area contributed by atoms with Crippen molar-refractivity contribution in [1.29, 1.82) is 0 Å². The number of benzene rings is 3. The molecule has 33 heavy (non-hydrogen) atoms. The Hall–Kier alpha value is -3.03. The molecule has 0 heterocycles. The van der Waals surface area contributed by atoms with Crippen LogP contribution in [-0.4, -0.2) is 13.1 Å². The molecule has 0 aliphatic rings. The van der Waals surface area contributed by atoms with Crippen LogP contribution in [0.1, 0.15) is 48.8 Å². The average molecular weight is 505 g/mol. The van der Waals surface area contributed by atoms with Crippen molar-refractivity contribution in [3.05, 3.63) is 100 Å². The van der Waals surface area contributed by atoms with Gasteiger partial charge in [0.2, 0.25) is 0 Å². The van der Waals surface area contributed by atoms with Crippen LogP contribution in [0.15, 0.2) is 83.3 Å². The molecule has 0 radical (unpaired) electrons. The Morgan fingerprint density at radius 3 is 2.33 bits per heavy atom. The van der Waals surface area contributed by atoms with E-state index in [4.69, 9.17) is 9.47 Å². The summed E-state index contributed by atoms with van der Waals surface area (Å²) >= 11 is 3.44. The molecule has 170 valence electrons. The van der Waals surface area contributed by atoms with Crippen molar-refractivity contribution in [2.45, 2.75) is 38.7 Å². The summed E-state index contributed by atoms with van der Waals surface area (Å²) in [6.45, 7) is 2.44. The molecule has 0 aliphatic heterocycles. The number of ether oxygens (including phenoxy) is 2. The zero-order valence-corrected chi connectivity index (χ0v) is 20.7. The van der Waals surface area contributed by atoms with E-state index in [1.165, 1.54) is 5.56 Å². The molecule has 2 atom stereocenters. The molecule has 3 aromatic rings. The zero-order valence-electron chi connectivity index (χ0n) is 19.1. The first-order chi connectivity index (χ1) is 16.0. The SMILES string of the molecule is COc1ccc(COC(=O)C[C@H](CCC#Cc2ccc(Br)cc2)[C@H](C)c2ccccc2)cc1. The standard InChI is InChI=1S/C29H29BrO3/c1-22(25-9-4-3-5-10-25)26(11-7-6-8-23-12-16-27(30)17-13-23)20-29(31)33-21-24-14-18-28(32-2)19-15-24/h3-5,9-10,12-19,22,26H,7,11,20-21H2,1-2H3/t22-,26+/m1/s1. The van der Waals surface area contributed by atoms with E-state index in [1.54, 1.807) is 7.11 Å². The van der Waals surface area contributed by atoms with Gasteiger partial charge in [-0.3, -0.25) is 4.79 Å². The minimum Gasteiger partial charge on any atom is -0.497 e. The van der Waals surface area contributed by atoms with E-state index in [0.717, 1.165) is 34.2 Å². The van der Waals surface area contributed by atoms with Gasteiger partial charge in [0.05, 0.1) is 7.11 Å². The fourth-order valence-corrected chi connectivity index (χ4v) is 3.94. The second kappa shape index (κ2) is 12.9. The van der Waals surface area contributed by atoms with Gasteiger partial charge >= 0.3 is 5.97 Å². The topological polar surface area (TPSA) is 35.5 Å². The number of rotatable bonds is 9. The number of esters is 1. The number of carbonyl (C=O) groups is 1. The normalized spacial score (nSPS) is 12.2. The number of hydrogen-bond acceptors (Lipinski definition) is 3. The Balaban J connectivity index is 1.60. The second-order valence-electron chi connectivity index (χ2n) is 8.02. The maximum atomic E-state index is 12.7. The van der Waals surface area contributed by atoms with Gasteiger partial charge in [-0.15, -0.1) is 0 Å². The Labute approximate surface area is 205 Å². The number of carbonyl (C=O) groups excluding carboxylic acids is 1. The zero-order chi connectivity index (χ0) is 23.5. The van der Waals surface area contributed by atoms with Gasteiger partial charge in [-0.05, 0) is 65.8 Å². The second-order valence-corrected chi connectivity index (χ2v) is 8.94. The van der Waals surface area contributed by atoms with Crippen LogP contribution in [0.5, 0.6) is 5.75 Å². The molecular weight excluding hydrogens is 476 g/mol. The first kappa shape index (κ1) is 24.6. The molecule has 0 saturated carbocycles. The predicted molar refractivity (Wildman–Crippen MR) is 136 cm³/mol. The summed E-state index contributed by atoms with van der Waals surface area (Å²) in [5, 5.41) is 0. The molecule has 0 unspecified atom stereocenters. The van der Waals surface area contributed by atoms with Gasteiger partial charge in [-0.1, -0.05) is 77.2 Å². The fourth-order valence-electron chi connectivity index (χ4n) is 3.67. The van der Waals surface area contributed by atoms with Crippen molar-refractivity contribution in [3.8, 4) is 17.6 Å². The average Bonchev–Trinajstić information content (AvgIpc) is 2.86. The van der Waals surface area contributed by atoms with Crippen LogP contribution >= 0.6 is 15.9 Å². The van der Waals surface area contributed by atoms with E-state index < -0.39 is 0 Å². The van der Waals surface area contributed by atoms with Crippen LogP contribution in [0.25, 0.3) is 0 Å². The number of hydrogen-bond donors (Lipinski definition) is 0. The molecule has 0 amide bonds. The molecule has 0 aromatic heterocycles. The van der Waals surface area contributed by atoms with Crippen molar-refractivity contribution < 1.29 is 14.3 Å². The molecule has 3 rings (SSSR count). The van der Waals surface area contributed by atoms with E-state index in [1.807, 2.05) is 66.7 Å². The van der Waals surface area contributed by atoms with Gasteiger partial charge in [-0.25, -0.2) is 0 Å². The Morgan fingerprint density at radius 1 is 0.970 bits per heavy atom. The highest BCUT2D eigenvalue weighted by molar-refractivity contribution is 9.10. The van der Waals surface area contributed by atoms with Gasteiger partial charge in [0.25, 0.3) is 0 Å². The van der Waals surface area contributed by atoms with Gasteiger partial charge in [0.1, 0.15) is 12.4 Å². The fraction of sp³-hybridized carbons (Fsp3) is 0.276. The molecule has 0 saturated heterocycles. The highest BCUT2D eigenvalue weighted by Crippen LogP contribution is 2.31. The first-order valence-corrected chi connectivity index (χ1v) is 11.9. The van der Waals surface area contributed by atoms with Crippen LogP contribution in [-0.2, 0) is 16.1 Å². The van der Waals surface area contributed by atoms with Crippen LogP contribution in [0.4, 0.5) is 0 Å². The first-order valence-electron chi connectivity index (χ1n) is 11.1. The van der Waals surface area contributed by atoms with E-state index >= 15 is 0 Å². The summed E-state index contributed by atoms with van der Waals surface area (Å²) in [6, 6.07) is 25.9. The van der Waals surface area contributed by atoms with Crippen LogP contribution in [0, 0.1) is 17.8 Å². The molecule has 0 spiro atoms. The van der Waals surface area contributed by atoms with Crippen LogP contribution in [0.2, 0.25) is 0 Å². The predicted octanol–water partition coefficient (Wildman–Crippen LogP) is 7.14. The lowest BCUT2D eigenvalue weighted by atomic mass is 9.82. The van der Waals surface area contributed by atoms with Crippen LogP contribution < -0.4 is 4.74 Å². The number of halogens is 1. The molecule has 0 aliphatic carbocycles. The minimum atomic E-state index is -0.181. The third-order valence-corrected chi connectivity index (χ3v) is 6.27. The summed E-state index contributed by atoms with van der Waals surface area (Å²) in [7, 11) is 1.63. The molecule has 0 bridgehead atoms. The van der Waals surface area contributed by atoms with Gasteiger partial charge in [0.15, 0.2) is 0 Å². The lowest BCUT2D eigenvalue weighted by molar-refractivity contribution is -0.146. The minimum absolute atomic E-state index is 0.148. The maximum Gasteiger partial charge on any atom is 0.306 e. The summed E-state index contributed by atoms with van der Waals surface area (Å²) in [4.78, 5) is 12.7. The molecule has 0 N–H and O–H groups in total. The molecule has 3 nitrogen and oxygen atoms in total. The van der Waals surface area contributed by atoms with Crippen molar-refractivity contribution in [2.75, 3.05) is 7.11 Å². The van der Waals surface area contributed by atoms with Crippen molar-refractivity contribution >= 4 is 21.9 Å². The smallest absolute Gasteiger partial charge is 0.306 e. The molecule has 0 fully saturated rings. The quantitative estimate of drug-likeness (QED) is 0.229. The van der Waals surface area contributed by atoms with E-state index in [0.29, 0.717) is 6.42 Å². The van der Waals surface area contributed by atoms with Crippen molar-refractivity contribution in [2.24, 2.45) is 5.92 Å². The molecule has 3 aromatic carbocycles. The summed E-state index contributed by atoms with van der Waals surface area (Å²) < 4.78 is 11.8. The third kappa shape index (κ3) is 8.11. The lowest BCUT2D eigenvalue weighted by Crippen LogP contribution is -2.17. The highest BCUT2D eigenvalue weighted by Gasteiger charge is 2.22.